The van der Waals surface area contributed by atoms with E-state index in [1.165, 1.54) is 12.8 Å². The van der Waals surface area contributed by atoms with Gasteiger partial charge in [-0.05, 0) is 12.3 Å². The summed E-state index contributed by atoms with van der Waals surface area (Å²) in [5.41, 5.74) is 0. The van der Waals surface area contributed by atoms with Gasteiger partial charge in [-0.3, -0.25) is 0 Å². The summed E-state index contributed by atoms with van der Waals surface area (Å²) in [4.78, 5) is 0. The number of aliphatic hydroxyl groups is 3. The van der Waals surface area contributed by atoms with Crippen LogP contribution in [0.25, 0.3) is 0 Å². The SMILES string of the molecule is CCCCC(CC)COC(O)CCOCC(O)CO. The van der Waals surface area contributed by atoms with Gasteiger partial charge in [0.25, 0.3) is 0 Å². The molecule has 19 heavy (non-hydrogen) atoms. The first-order chi connectivity index (χ1) is 9.13. The van der Waals surface area contributed by atoms with Gasteiger partial charge in [0.1, 0.15) is 6.10 Å². The maximum absolute atomic E-state index is 9.63. The zero-order chi connectivity index (χ0) is 14.5. The predicted molar refractivity (Wildman–Crippen MR) is 73.8 cm³/mol. The molecule has 0 aliphatic rings. The normalized spacial score (nSPS) is 16.3. The van der Waals surface area contributed by atoms with Gasteiger partial charge in [-0.1, -0.05) is 33.1 Å². The van der Waals surface area contributed by atoms with E-state index in [0.29, 0.717) is 25.6 Å². The van der Waals surface area contributed by atoms with Gasteiger partial charge in [0.15, 0.2) is 6.29 Å². The van der Waals surface area contributed by atoms with Crippen LogP contribution >= 0.6 is 0 Å². The monoisotopic (exact) mass is 278 g/mol. The number of ether oxygens (including phenoxy) is 2. The van der Waals surface area contributed by atoms with Crippen molar-refractivity contribution in [3.63, 3.8) is 0 Å². The molecule has 0 aliphatic heterocycles. The molecule has 0 aliphatic carbocycles. The highest BCUT2D eigenvalue weighted by molar-refractivity contribution is 4.57. The average Bonchev–Trinajstić information content (AvgIpc) is 2.43. The van der Waals surface area contributed by atoms with Crippen LogP contribution in [0.3, 0.4) is 0 Å². The van der Waals surface area contributed by atoms with Gasteiger partial charge in [-0.15, -0.1) is 0 Å². The van der Waals surface area contributed by atoms with Gasteiger partial charge in [-0.2, -0.15) is 0 Å². The van der Waals surface area contributed by atoms with Crippen molar-refractivity contribution in [2.24, 2.45) is 5.92 Å². The Morgan fingerprint density at radius 3 is 2.37 bits per heavy atom. The summed E-state index contributed by atoms with van der Waals surface area (Å²) in [6.07, 6.45) is 3.28. The average molecular weight is 278 g/mol. The smallest absolute Gasteiger partial charge is 0.156 e. The van der Waals surface area contributed by atoms with Crippen LogP contribution in [0.5, 0.6) is 0 Å². The Hall–Kier alpha value is -0.200. The van der Waals surface area contributed by atoms with Gasteiger partial charge < -0.3 is 24.8 Å². The second-order valence-corrected chi connectivity index (χ2v) is 4.90. The van der Waals surface area contributed by atoms with E-state index in [9.17, 15) is 5.11 Å². The molecule has 0 aromatic heterocycles. The summed E-state index contributed by atoms with van der Waals surface area (Å²) in [6.45, 7) is 4.96. The van der Waals surface area contributed by atoms with E-state index in [0.717, 1.165) is 12.8 Å². The summed E-state index contributed by atoms with van der Waals surface area (Å²) in [5, 5.41) is 27.3. The fourth-order valence-corrected chi connectivity index (χ4v) is 1.68. The summed E-state index contributed by atoms with van der Waals surface area (Å²) in [7, 11) is 0. The second-order valence-electron chi connectivity index (χ2n) is 4.90. The van der Waals surface area contributed by atoms with Gasteiger partial charge >= 0.3 is 0 Å². The third-order valence-corrected chi connectivity index (χ3v) is 3.10. The summed E-state index contributed by atoms with van der Waals surface area (Å²) in [6, 6.07) is 0. The Kier molecular flexibility index (Phi) is 12.7. The molecule has 0 heterocycles. The minimum Gasteiger partial charge on any atom is -0.394 e. The highest BCUT2D eigenvalue weighted by atomic mass is 16.6. The molecule has 5 heteroatoms. The molecule has 5 nitrogen and oxygen atoms in total. The Bertz CT molecular complexity index is 189. The van der Waals surface area contributed by atoms with E-state index in [1.807, 2.05) is 0 Å². The standard InChI is InChI=1S/C14H30O5/c1-3-5-6-12(4-2)10-19-14(17)7-8-18-11-13(16)9-15/h12-17H,3-11H2,1-2H3. The van der Waals surface area contributed by atoms with Crippen LogP contribution in [0.15, 0.2) is 0 Å². The fourth-order valence-electron chi connectivity index (χ4n) is 1.68. The maximum Gasteiger partial charge on any atom is 0.156 e. The summed E-state index contributed by atoms with van der Waals surface area (Å²) in [5.74, 6) is 0.506. The van der Waals surface area contributed by atoms with Crippen LogP contribution in [0, 0.1) is 5.92 Å². The lowest BCUT2D eigenvalue weighted by Crippen LogP contribution is -2.23. The number of hydrogen-bond acceptors (Lipinski definition) is 5. The number of aliphatic hydroxyl groups excluding tert-OH is 3. The van der Waals surface area contributed by atoms with Gasteiger partial charge in [0.05, 0.1) is 26.4 Å². The Morgan fingerprint density at radius 2 is 1.79 bits per heavy atom. The molecule has 0 rings (SSSR count). The van der Waals surface area contributed by atoms with E-state index >= 15 is 0 Å². The molecule has 116 valence electrons. The molecule has 0 aromatic carbocycles. The topological polar surface area (TPSA) is 79.2 Å². The summed E-state index contributed by atoms with van der Waals surface area (Å²) < 4.78 is 10.5. The molecular formula is C14H30O5. The molecule has 0 bridgehead atoms. The highest BCUT2D eigenvalue weighted by Crippen LogP contribution is 2.13. The molecular weight excluding hydrogens is 248 g/mol. The van der Waals surface area contributed by atoms with Gasteiger partial charge in [-0.25, -0.2) is 0 Å². The second kappa shape index (κ2) is 12.8. The van der Waals surface area contributed by atoms with Crippen molar-refractivity contribution in [2.75, 3.05) is 26.4 Å². The quantitative estimate of drug-likeness (QED) is 0.349. The molecule has 3 atom stereocenters. The molecule has 0 fully saturated rings. The number of rotatable bonds is 13. The molecule has 3 N–H and O–H groups in total. The van der Waals surface area contributed by atoms with E-state index < -0.39 is 12.4 Å². The fraction of sp³-hybridized carbons (Fsp3) is 1.00. The Balaban J connectivity index is 3.53. The van der Waals surface area contributed by atoms with Crippen molar-refractivity contribution in [1.82, 2.24) is 0 Å². The zero-order valence-electron chi connectivity index (χ0n) is 12.3. The largest absolute Gasteiger partial charge is 0.394 e. The van der Waals surface area contributed by atoms with Crippen molar-refractivity contribution in [3.05, 3.63) is 0 Å². The lowest BCUT2D eigenvalue weighted by molar-refractivity contribution is -0.125. The minimum absolute atomic E-state index is 0.0807. The molecule has 3 unspecified atom stereocenters. The van der Waals surface area contributed by atoms with Gasteiger partial charge in [0, 0.05) is 6.42 Å². The van der Waals surface area contributed by atoms with Crippen LogP contribution in [-0.2, 0) is 9.47 Å². The van der Waals surface area contributed by atoms with Crippen LogP contribution in [0.2, 0.25) is 0 Å². The van der Waals surface area contributed by atoms with Crippen LogP contribution in [0.1, 0.15) is 46.0 Å². The lowest BCUT2D eigenvalue weighted by atomic mass is 10.0. The lowest BCUT2D eigenvalue weighted by Gasteiger charge is -2.18. The molecule has 0 radical (unpaired) electrons. The molecule has 0 saturated heterocycles. The van der Waals surface area contributed by atoms with E-state index in [2.05, 4.69) is 13.8 Å². The van der Waals surface area contributed by atoms with Crippen molar-refractivity contribution >= 4 is 0 Å². The van der Waals surface area contributed by atoms with E-state index in [-0.39, 0.29) is 13.2 Å². The van der Waals surface area contributed by atoms with Crippen LogP contribution < -0.4 is 0 Å². The zero-order valence-corrected chi connectivity index (χ0v) is 12.3. The van der Waals surface area contributed by atoms with Crippen molar-refractivity contribution < 1.29 is 24.8 Å². The molecule has 0 aromatic rings. The number of hydrogen-bond donors (Lipinski definition) is 3. The highest BCUT2D eigenvalue weighted by Gasteiger charge is 2.10. The van der Waals surface area contributed by atoms with Crippen LogP contribution in [0.4, 0.5) is 0 Å². The van der Waals surface area contributed by atoms with Crippen molar-refractivity contribution in [3.8, 4) is 0 Å². The third kappa shape index (κ3) is 11.3. The summed E-state index contributed by atoms with van der Waals surface area (Å²) >= 11 is 0. The van der Waals surface area contributed by atoms with Crippen molar-refractivity contribution in [1.29, 1.82) is 0 Å². The Morgan fingerprint density at radius 1 is 1.05 bits per heavy atom. The van der Waals surface area contributed by atoms with E-state index in [1.54, 1.807) is 0 Å². The Labute approximate surface area is 116 Å². The molecule has 0 saturated carbocycles. The predicted octanol–water partition coefficient (Wildman–Crippen LogP) is 1.30. The van der Waals surface area contributed by atoms with Crippen LogP contribution in [-0.4, -0.2) is 54.1 Å². The van der Waals surface area contributed by atoms with E-state index in [4.69, 9.17) is 19.7 Å². The first-order valence-corrected chi connectivity index (χ1v) is 7.30. The minimum atomic E-state index is -0.850. The molecule has 0 amide bonds. The first kappa shape index (κ1) is 18.8. The maximum atomic E-state index is 9.63. The first-order valence-electron chi connectivity index (χ1n) is 7.30. The third-order valence-electron chi connectivity index (χ3n) is 3.10. The van der Waals surface area contributed by atoms with Crippen molar-refractivity contribution in [2.45, 2.75) is 58.3 Å². The van der Waals surface area contributed by atoms with Gasteiger partial charge in [0.2, 0.25) is 0 Å². The number of unbranched alkanes of at least 4 members (excludes halogenated alkanes) is 1. The molecule has 0 spiro atoms.